The number of hydrogen-bond acceptors (Lipinski definition) is 5. The van der Waals surface area contributed by atoms with E-state index in [2.05, 4.69) is 13.0 Å². The second-order valence-corrected chi connectivity index (χ2v) is 6.70. The molecule has 31 heavy (non-hydrogen) atoms. The molecule has 0 aliphatic rings. The third kappa shape index (κ3) is 5.97. The minimum atomic E-state index is -0.508. The lowest BCUT2D eigenvalue weighted by molar-refractivity contribution is -0.136. The summed E-state index contributed by atoms with van der Waals surface area (Å²) in [7, 11) is 1.56. The monoisotopic (exact) mass is 413 g/mol. The zero-order valence-electron chi connectivity index (χ0n) is 17.5. The molecule has 0 fully saturated rings. The number of carbonyl (C=O) groups is 1. The Kier molecular flexibility index (Phi) is 7.45. The third-order valence-electron chi connectivity index (χ3n) is 4.61. The molecular weight excluding hydrogens is 390 g/mol. The van der Waals surface area contributed by atoms with E-state index in [0.717, 1.165) is 12.0 Å². The van der Waals surface area contributed by atoms with Crippen molar-refractivity contribution < 1.29 is 19.0 Å². The molecule has 156 valence electrons. The molecule has 0 aliphatic heterocycles. The largest absolute Gasteiger partial charge is 0.496 e. The number of para-hydroxylation sites is 1. The smallest absolute Gasteiger partial charge is 0.349 e. The number of rotatable bonds is 8. The normalized spacial score (nSPS) is 10.8. The molecule has 0 saturated carbocycles. The van der Waals surface area contributed by atoms with Gasteiger partial charge in [-0.05, 0) is 60.0 Å². The second-order valence-electron chi connectivity index (χ2n) is 6.70. The van der Waals surface area contributed by atoms with E-state index in [-0.39, 0.29) is 6.61 Å². The molecule has 3 aromatic rings. The van der Waals surface area contributed by atoms with E-state index in [9.17, 15) is 10.1 Å². The van der Waals surface area contributed by atoms with Crippen molar-refractivity contribution in [3.05, 3.63) is 89.5 Å². The number of allylic oxidation sites excluding steroid dienone is 1. The van der Waals surface area contributed by atoms with Gasteiger partial charge in [0.1, 0.15) is 17.2 Å². The first-order chi connectivity index (χ1) is 15.1. The van der Waals surface area contributed by atoms with E-state index < -0.39 is 5.97 Å². The summed E-state index contributed by atoms with van der Waals surface area (Å²) in [6.45, 7) is 1.88. The van der Waals surface area contributed by atoms with Crippen LogP contribution in [0.1, 0.15) is 23.6 Å². The summed E-state index contributed by atoms with van der Waals surface area (Å²) >= 11 is 0. The van der Waals surface area contributed by atoms with Crippen molar-refractivity contribution in [2.45, 2.75) is 13.3 Å². The summed E-state index contributed by atoms with van der Waals surface area (Å²) < 4.78 is 16.2. The van der Waals surface area contributed by atoms with Crippen LogP contribution in [0.4, 0.5) is 0 Å². The molecule has 5 nitrogen and oxygen atoms in total. The predicted octanol–water partition coefficient (Wildman–Crippen LogP) is 5.31. The van der Waals surface area contributed by atoms with Gasteiger partial charge in [-0.2, -0.15) is 5.26 Å². The van der Waals surface area contributed by atoms with Crippen molar-refractivity contribution in [2.75, 3.05) is 13.7 Å². The fourth-order valence-electron chi connectivity index (χ4n) is 3.00. The van der Waals surface area contributed by atoms with Gasteiger partial charge in [-0.25, -0.2) is 4.79 Å². The van der Waals surface area contributed by atoms with E-state index in [4.69, 9.17) is 14.2 Å². The molecule has 0 aliphatic carbocycles. The Morgan fingerprint density at radius 3 is 2.48 bits per heavy atom. The Bertz CT molecular complexity index is 1110. The first-order valence-corrected chi connectivity index (χ1v) is 9.90. The molecule has 0 saturated heterocycles. The molecule has 0 aromatic heterocycles. The highest BCUT2D eigenvalue weighted by molar-refractivity contribution is 5.91. The number of aryl methyl sites for hydroxylation is 1. The Balaban J connectivity index is 1.68. The topological polar surface area (TPSA) is 68.5 Å². The summed E-state index contributed by atoms with van der Waals surface area (Å²) in [5.41, 5.74) is 3.06. The highest BCUT2D eigenvalue weighted by Crippen LogP contribution is 2.27. The van der Waals surface area contributed by atoms with Crippen LogP contribution in [0.25, 0.3) is 11.6 Å². The van der Waals surface area contributed by atoms with Gasteiger partial charge >= 0.3 is 5.97 Å². The number of benzene rings is 3. The van der Waals surface area contributed by atoms with Crippen LogP contribution in [0.5, 0.6) is 17.2 Å². The highest BCUT2D eigenvalue weighted by atomic mass is 16.6. The van der Waals surface area contributed by atoms with Crippen LogP contribution in [0.2, 0.25) is 0 Å². The van der Waals surface area contributed by atoms with E-state index in [1.54, 1.807) is 37.5 Å². The van der Waals surface area contributed by atoms with E-state index in [0.29, 0.717) is 28.4 Å². The van der Waals surface area contributed by atoms with Crippen molar-refractivity contribution in [1.29, 1.82) is 5.26 Å². The molecule has 3 rings (SSSR count). The van der Waals surface area contributed by atoms with Gasteiger partial charge in [0.05, 0.1) is 18.8 Å². The highest BCUT2D eigenvalue weighted by Gasteiger charge is 2.09. The minimum absolute atomic E-state index is 0.198. The van der Waals surface area contributed by atoms with Crippen LogP contribution in [-0.2, 0) is 11.2 Å². The SMILES string of the molecule is CCc1ccc(OCC(=O)Oc2cccc(/C=C(/C#N)c3ccccc3OC)c2)cc1. The fourth-order valence-corrected chi connectivity index (χ4v) is 3.00. The maximum absolute atomic E-state index is 12.2. The molecule has 0 radical (unpaired) electrons. The molecule has 5 heteroatoms. The lowest BCUT2D eigenvalue weighted by Gasteiger charge is -2.09. The number of esters is 1. The number of ether oxygens (including phenoxy) is 3. The molecule has 3 aromatic carbocycles. The van der Waals surface area contributed by atoms with Gasteiger partial charge in [0.15, 0.2) is 6.61 Å². The van der Waals surface area contributed by atoms with Gasteiger partial charge in [0.2, 0.25) is 0 Å². The molecule has 0 unspecified atom stereocenters. The van der Waals surface area contributed by atoms with Crippen LogP contribution in [-0.4, -0.2) is 19.7 Å². The summed E-state index contributed by atoms with van der Waals surface area (Å²) in [5.74, 6) is 1.09. The number of methoxy groups -OCH3 is 1. The van der Waals surface area contributed by atoms with Crippen molar-refractivity contribution >= 4 is 17.6 Å². The number of nitrogens with zero attached hydrogens (tertiary/aromatic N) is 1. The Hall–Kier alpha value is -4.04. The van der Waals surface area contributed by atoms with E-state index >= 15 is 0 Å². The fraction of sp³-hybridized carbons (Fsp3) is 0.154. The standard InChI is InChI=1S/C26H23NO4/c1-3-19-11-13-22(14-12-19)30-18-26(28)31-23-8-6-7-20(16-23)15-21(17-27)24-9-4-5-10-25(24)29-2/h4-16H,3,18H2,1-2H3/b21-15-. The van der Waals surface area contributed by atoms with Crippen LogP contribution in [0.15, 0.2) is 72.8 Å². The first kappa shape index (κ1) is 21.7. The summed E-state index contributed by atoms with van der Waals surface area (Å²) in [6.07, 6.45) is 2.67. The van der Waals surface area contributed by atoms with E-state index in [1.165, 1.54) is 5.56 Å². The van der Waals surface area contributed by atoms with Gasteiger partial charge in [0, 0.05) is 5.56 Å². The number of nitriles is 1. The van der Waals surface area contributed by atoms with Gasteiger partial charge < -0.3 is 14.2 Å². The van der Waals surface area contributed by atoms with Crippen LogP contribution in [0.3, 0.4) is 0 Å². The van der Waals surface area contributed by atoms with Crippen LogP contribution >= 0.6 is 0 Å². The molecule has 0 atom stereocenters. The summed E-state index contributed by atoms with van der Waals surface area (Å²) in [4.78, 5) is 12.2. The predicted molar refractivity (Wildman–Crippen MR) is 120 cm³/mol. The van der Waals surface area contributed by atoms with Crippen molar-refractivity contribution in [3.63, 3.8) is 0 Å². The van der Waals surface area contributed by atoms with Crippen LogP contribution < -0.4 is 14.2 Å². The van der Waals surface area contributed by atoms with Gasteiger partial charge in [-0.1, -0.05) is 43.3 Å². The number of carbonyl (C=O) groups excluding carboxylic acids is 1. The van der Waals surface area contributed by atoms with Gasteiger partial charge in [-0.3, -0.25) is 0 Å². The maximum Gasteiger partial charge on any atom is 0.349 e. The number of hydrogen-bond donors (Lipinski definition) is 0. The zero-order valence-corrected chi connectivity index (χ0v) is 17.5. The van der Waals surface area contributed by atoms with Crippen molar-refractivity contribution in [3.8, 4) is 23.3 Å². The maximum atomic E-state index is 12.2. The molecule has 0 heterocycles. The quantitative estimate of drug-likeness (QED) is 0.217. The van der Waals surface area contributed by atoms with Crippen LogP contribution in [0, 0.1) is 11.3 Å². The second kappa shape index (κ2) is 10.7. The Morgan fingerprint density at radius 1 is 1.00 bits per heavy atom. The zero-order chi connectivity index (χ0) is 22.1. The first-order valence-electron chi connectivity index (χ1n) is 9.90. The summed E-state index contributed by atoms with van der Waals surface area (Å²) in [5, 5.41) is 9.61. The lowest BCUT2D eigenvalue weighted by Crippen LogP contribution is -2.17. The molecule has 0 N–H and O–H groups in total. The Labute approximate surface area is 182 Å². The Morgan fingerprint density at radius 2 is 1.77 bits per heavy atom. The van der Waals surface area contributed by atoms with Crippen molar-refractivity contribution in [1.82, 2.24) is 0 Å². The average Bonchev–Trinajstić information content (AvgIpc) is 2.81. The van der Waals surface area contributed by atoms with Gasteiger partial charge in [0.25, 0.3) is 0 Å². The molecule has 0 bridgehead atoms. The van der Waals surface area contributed by atoms with Gasteiger partial charge in [-0.15, -0.1) is 0 Å². The average molecular weight is 413 g/mol. The minimum Gasteiger partial charge on any atom is -0.496 e. The summed E-state index contributed by atoms with van der Waals surface area (Å²) in [6, 6.07) is 24.1. The van der Waals surface area contributed by atoms with Crippen molar-refractivity contribution in [2.24, 2.45) is 0 Å². The molecule has 0 spiro atoms. The molecular formula is C26H23NO4. The lowest BCUT2D eigenvalue weighted by atomic mass is 10.0. The molecule has 0 amide bonds. The van der Waals surface area contributed by atoms with E-state index in [1.807, 2.05) is 48.5 Å². The third-order valence-corrected chi connectivity index (χ3v) is 4.61.